The van der Waals surface area contributed by atoms with E-state index < -0.39 is 29.6 Å². The van der Waals surface area contributed by atoms with Crippen LogP contribution in [-0.2, 0) is 37.0 Å². The van der Waals surface area contributed by atoms with Crippen LogP contribution in [-0.4, -0.2) is 45.4 Å². The van der Waals surface area contributed by atoms with Crippen molar-refractivity contribution in [1.29, 1.82) is 0 Å². The molecule has 2 aromatic carbocycles. The van der Waals surface area contributed by atoms with E-state index in [9.17, 15) is 18.4 Å². The monoisotopic (exact) mass is 448 g/mol. The molecule has 0 bridgehead atoms. The van der Waals surface area contributed by atoms with Crippen molar-refractivity contribution in [1.82, 2.24) is 10.6 Å². The van der Waals surface area contributed by atoms with Crippen molar-refractivity contribution in [3.63, 3.8) is 0 Å². The Morgan fingerprint density at radius 3 is 2.44 bits per heavy atom. The fourth-order valence-corrected chi connectivity index (χ4v) is 2.64. The van der Waals surface area contributed by atoms with E-state index in [0.29, 0.717) is 0 Å². The first kappa shape index (κ1) is 25.1. The molecule has 0 saturated heterocycles. The lowest BCUT2D eigenvalue weighted by Gasteiger charge is -2.14. The molecule has 1 amide bonds. The van der Waals surface area contributed by atoms with Crippen molar-refractivity contribution < 1.29 is 32.6 Å². The van der Waals surface area contributed by atoms with Crippen LogP contribution in [0.2, 0.25) is 0 Å². The van der Waals surface area contributed by atoms with Gasteiger partial charge in [0.05, 0.1) is 13.2 Å². The van der Waals surface area contributed by atoms with Gasteiger partial charge in [0, 0.05) is 38.6 Å². The summed E-state index contributed by atoms with van der Waals surface area (Å²) in [5.41, 5.74) is 0.744. The Labute approximate surface area is 185 Å². The number of rotatable bonds is 13. The maximum atomic E-state index is 13.8. The lowest BCUT2D eigenvalue weighted by molar-refractivity contribution is -0.125. The molecule has 0 unspecified atom stereocenters. The number of methoxy groups -OCH3 is 2. The van der Waals surface area contributed by atoms with Gasteiger partial charge in [-0.3, -0.25) is 9.59 Å². The van der Waals surface area contributed by atoms with Crippen LogP contribution in [0.3, 0.4) is 0 Å². The molecular formula is C23H26F2N2O5. The first-order chi connectivity index (χ1) is 15.4. The average molecular weight is 448 g/mol. The number of carbonyl (C=O) groups is 2. The van der Waals surface area contributed by atoms with Crippen molar-refractivity contribution in [2.75, 3.05) is 27.4 Å². The summed E-state index contributed by atoms with van der Waals surface area (Å²) in [6, 6.07) is 12.3. The summed E-state index contributed by atoms with van der Waals surface area (Å²) in [6.45, 7) is -0.183. The number of amides is 1. The first-order valence-corrected chi connectivity index (χ1v) is 9.80. The van der Waals surface area contributed by atoms with Crippen molar-refractivity contribution in [2.45, 2.75) is 19.4 Å². The molecule has 9 heteroatoms. The molecule has 0 aromatic heterocycles. The minimum atomic E-state index is -0.797. The fraction of sp³-hybridized carbons (Fsp3) is 0.304. The molecule has 0 radical (unpaired) electrons. The maximum Gasteiger partial charge on any atom is 0.256 e. The van der Waals surface area contributed by atoms with Gasteiger partial charge in [-0.15, -0.1) is 0 Å². The van der Waals surface area contributed by atoms with Crippen LogP contribution < -0.4 is 10.6 Å². The van der Waals surface area contributed by atoms with Gasteiger partial charge in [0.1, 0.15) is 23.8 Å². The Morgan fingerprint density at radius 2 is 1.78 bits per heavy atom. The van der Waals surface area contributed by atoms with Crippen LogP contribution in [0.5, 0.6) is 0 Å². The molecule has 172 valence electrons. The topological polar surface area (TPSA) is 85.9 Å². The molecule has 0 aliphatic rings. The standard InChI is InChI=1S/C23H26F2N2O5/c1-30-22(31-2)13-26-12-19(21(28)15-32-14-16-6-4-3-5-7-16)23(29)27-11-17-8-9-18(24)10-20(17)25/h3-10,12,22,26H,11,13-15H2,1-2H3,(H,27,29)/b19-12+. The number of hydrogen-bond donors (Lipinski definition) is 2. The number of carbonyl (C=O) groups excluding carboxylic acids is 2. The van der Waals surface area contributed by atoms with Crippen molar-refractivity contribution in [3.05, 3.63) is 83.1 Å². The van der Waals surface area contributed by atoms with Crippen LogP contribution in [0, 0.1) is 11.6 Å². The molecule has 32 heavy (non-hydrogen) atoms. The summed E-state index contributed by atoms with van der Waals surface area (Å²) in [5, 5.41) is 5.27. The third-order valence-corrected chi connectivity index (χ3v) is 4.40. The van der Waals surface area contributed by atoms with E-state index in [1.165, 1.54) is 26.5 Å². The second-order valence-corrected chi connectivity index (χ2v) is 6.69. The molecule has 2 aromatic rings. The number of halogens is 2. The second kappa shape index (κ2) is 13.3. The molecule has 0 aliphatic carbocycles. The number of ketones is 1. The Morgan fingerprint density at radius 1 is 1.06 bits per heavy atom. The van der Waals surface area contributed by atoms with Gasteiger partial charge < -0.3 is 24.8 Å². The van der Waals surface area contributed by atoms with Gasteiger partial charge in [0.15, 0.2) is 12.1 Å². The Bertz CT molecular complexity index is 918. The minimum Gasteiger partial charge on any atom is -0.385 e. The third kappa shape index (κ3) is 8.18. The Kier molecular flexibility index (Phi) is 10.5. The van der Waals surface area contributed by atoms with Crippen LogP contribution in [0.1, 0.15) is 11.1 Å². The molecule has 0 heterocycles. The highest BCUT2D eigenvalue weighted by molar-refractivity contribution is 6.19. The lowest BCUT2D eigenvalue weighted by Crippen LogP contribution is -2.33. The van der Waals surface area contributed by atoms with Gasteiger partial charge in [-0.1, -0.05) is 36.4 Å². The highest BCUT2D eigenvalue weighted by Gasteiger charge is 2.19. The SMILES string of the molecule is COC(CN/C=C(\C(=O)COCc1ccccc1)C(=O)NCc1ccc(F)cc1F)OC. The maximum absolute atomic E-state index is 13.8. The highest BCUT2D eigenvalue weighted by Crippen LogP contribution is 2.10. The van der Waals surface area contributed by atoms with Crippen molar-refractivity contribution >= 4 is 11.7 Å². The summed E-state index contributed by atoms with van der Waals surface area (Å²) < 4.78 is 42.4. The van der Waals surface area contributed by atoms with E-state index in [4.69, 9.17) is 14.2 Å². The molecule has 0 spiro atoms. The van der Waals surface area contributed by atoms with Gasteiger partial charge in [0.2, 0.25) is 0 Å². The van der Waals surface area contributed by atoms with Crippen LogP contribution in [0.15, 0.2) is 60.3 Å². The summed E-state index contributed by atoms with van der Waals surface area (Å²) in [4.78, 5) is 25.3. The molecule has 2 rings (SSSR count). The second-order valence-electron chi connectivity index (χ2n) is 6.69. The zero-order valence-corrected chi connectivity index (χ0v) is 17.9. The number of nitrogens with one attached hydrogen (secondary N) is 2. The third-order valence-electron chi connectivity index (χ3n) is 4.40. The predicted octanol–water partition coefficient (Wildman–Crippen LogP) is 2.46. The number of ether oxygens (including phenoxy) is 3. The summed E-state index contributed by atoms with van der Waals surface area (Å²) in [6.07, 6.45) is 0.642. The number of hydrogen-bond acceptors (Lipinski definition) is 6. The molecule has 0 fully saturated rings. The largest absolute Gasteiger partial charge is 0.385 e. The van der Waals surface area contributed by atoms with Crippen molar-refractivity contribution in [2.24, 2.45) is 0 Å². The van der Waals surface area contributed by atoms with E-state index in [1.54, 1.807) is 0 Å². The van der Waals surface area contributed by atoms with Gasteiger partial charge in [-0.2, -0.15) is 0 Å². The van der Waals surface area contributed by atoms with Gasteiger partial charge >= 0.3 is 0 Å². The van der Waals surface area contributed by atoms with Gasteiger partial charge in [-0.05, 0) is 11.6 Å². The highest BCUT2D eigenvalue weighted by atomic mass is 19.1. The first-order valence-electron chi connectivity index (χ1n) is 9.80. The predicted molar refractivity (Wildman–Crippen MR) is 113 cm³/mol. The molecule has 0 atom stereocenters. The van der Waals surface area contributed by atoms with Gasteiger partial charge in [-0.25, -0.2) is 8.78 Å². The van der Waals surface area contributed by atoms with Crippen molar-refractivity contribution in [3.8, 4) is 0 Å². The van der Waals surface area contributed by atoms with E-state index in [1.807, 2.05) is 30.3 Å². The lowest BCUT2D eigenvalue weighted by atomic mass is 10.1. The summed E-state index contributed by atoms with van der Waals surface area (Å²) in [7, 11) is 2.90. The zero-order chi connectivity index (χ0) is 23.3. The zero-order valence-electron chi connectivity index (χ0n) is 17.9. The Balaban J connectivity index is 2.02. The summed E-state index contributed by atoms with van der Waals surface area (Å²) in [5.74, 6) is -2.83. The average Bonchev–Trinajstić information content (AvgIpc) is 2.79. The fourth-order valence-electron chi connectivity index (χ4n) is 2.64. The van der Waals surface area contributed by atoms with Crippen LogP contribution >= 0.6 is 0 Å². The van der Waals surface area contributed by atoms with E-state index in [-0.39, 0.29) is 37.4 Å². The van der Waals surface area contributed by atoms with Crippen LogP contribution in [0.4, 0.5) is 8.78 Å². The van der Waals surface area contributed by atoms with E-state index in [2.05, 4.69) is 10.6 Å². The minimum absolute atomic E-state index is 0.0821. The van der Waals surface area contributed by atoms with Gasteiger partial charge in [0.25, 0.3) is 5.91 Å². The summed E-state index contributed by atoms with van der Waals surface area (Å²) >= 11 is 0. The molecular weight excluding hydrogens is 422 g/mol. The number of Topliss-reactive ketones (excluding diaryl/α,β-unsaturated/α-hetero) is 1. The van der Waals surface area contributed by atoms with E-state index in [0.717, 1.165) is 17.7 Å². The molecule has 0 aliphatic heterocycles. The molecule has 2 N–H and O–H groups in total. The quantitative estimate of drug-likeness (QED) is 0.212. The molecule has 0 saturated carbocycles. The molecule has 7 nitrogen and oxygen atoms in total. The Hall–Kier alpha value is -3.14. The smallest absolute Gasteiger partial charge is 0.256 e. The number of benzene rings is 2. The normalized spacial score (nSPS) is 11.5. The van der Waals surface area contributed by atoms with Crippen LogP contribution in [0.25, 0.3) is 0 Å². The van der Waals surface area contributed by atoms with E-state index >= 15 is 0 Å².